The van der Waals surface area contributed by atoms with Crippen LogP contribution in [-0.2, 0) is 0 Å². The molecule has 0 N–H and O–H groups in total. The first-order valence-corrected chi connectivity index (χ1v) is 14.0. The highest BCUT2D eigenvalue weighted by Crippen LogP contribution is 2.34. The van der Waals surface area contributed by atoms with Crippen LogP contribution in [0.2, 0.25) is 0 Å². The Morgan fingerprint density at radius 1 is 0.658 bits per heavy atom. The summed E-state index contributed by atoms with van der Waals surface area (Å²) >= 11 is 0. The van der Waals surface area contributed by atoms with E-state index in [0.29, 0.717) is 5.88 Å². The first-order valence-electron chi connectivity index (χ1n) is 12.6. The zero-order valence-electron chi connectivity index (χ0n) is 20.6. The van der Waals surface area contributed by atoms with Crippen molar-refractivity contribution in [1.82, 2.24) is 14.8 Å². The van der Waals surface area contributed by atoms with Crippen molar-refractivity contribution in [1.29, 1.82) is 0 Å². The Morgan fingerprint density at radius 2 is 1.50 bits per heavy atom. The quantitative estimate of drug-likeness (QED) is 0.264. The molecule has 0 fully saturated rings. The van der Waals surface area contributed by atoms with Crippen LogP contribution >= 0.6 is 7.92 Å². The number of benzene rings is 4. The van der Waals surface area contributed by atoms with E-state index in [2.05, 4.69) is 107 Å². The molecule has 1 unspecified atom stereocenters. The van der Waals surface area contributed by atoms with Gasteiger partial charge in [-0.05, 0) is 60.2 Å². The Kier molecular flexibility index (Phi) is 5.84. The second-order valence-corrected chi connectivity index (χ2v) is 11.3. The molecule has 0 aliphatic carbocycles. The summed E-state index contributed by atoms with van der Waals surface area (Å²) in [5, 5.41) is 8.56. The van der Waals surface area contributed by atoms with E-state index in [4.69, 9.17) is 4.74 Å². The molecule has 6 heteroatoms. The van der Waals surface area contributed by atoms with Crippen LogP contribution in [0.5, 0.6) is 11.6 Å². The molecule has 2 aromatic heterocycles. The van der Waals surface area contributed by atoms with Crippen molar-refractivity contribution in [3.8, 4) is 17.3 Å². The summed E-state index contributed by atoms with van der Waals surface area (Å²) in [5.41, 5.74) is 4.87. The summed E-state index contributed by atoms with van der Waals surface area (Å²) < 4.78 is 8.14. The van der Waals surface area contributed by atoms with Gasteiger partial charge in [0.1, 0.15) is 5.75 Å². The maximum atomic E-state index is 6.22. The number of nitrogens with zero attached hydrogens (tertiary/aromatic N) is 3. The van der Waals surface area contributed by atoms with E-state index in [-0.39, 0.29) is 6.71 Å². The van der Waals surface area contributed by atoms with Crippen molar-refractivity contribution in [2.45, 2.75) is 0 Å². The molecule has 7 rings (SSSR count). The number of rotatable bonds is 5. The number of hydrogen-bond donors (Lipinski definition) is 0. The van der Waals surface area contributed by atoms with E-state index >= 15 is 0 Å². The van der Waals surface area contributed by atoms with Crippen LogP contribution in [0.3, 0.4) is 0 Å². The number of hydrogen-bond acceptors (Lipinski definition) is 3. The van der Waals surface area contributed by atoms with Gasteiger partial charge < -0.3 is 4.74 Å². The van der Waals surface area contributed by atoms with Crippen LogP contribution < -0.4 is 37.0 Å². The minimum Gasteiger partial charge on any atom is -0.439 e. The predicted octanol–water partition coefficient (Wildman–Crippen LogP) is 3.65. The molecule has 0 amide bonds. The summed E-state index contributed by atoms with van der Waals surface area (Å²) in [6, 6.07) is 42.7. The third-order valence-corrected chi connectivity index (χ3v) is 9.48. The van der Waals surface area contributed by atoms with E-state index in [0.717, 1.165) is 11.4 Å². The van der Waals surface area contributed by atoms with Gasteiger partial charge in [-0.2, -0.15) is 5.10 Å². The van der Waals surface area contributed by atoms with Gasteiger partial charge in [-0.25, -0.2) is 9.67 Å². The van der Waals surface area contributed by atoms with Crippen molar-refractivity contribution >= 4 is 46.9 Å². The fraction of sp³-hybridized carbons (Fsp3) is 0. The fourth-order valence-corrected chi connectivity index (χ4v) is 7.93. The second kappa shape index (κ2) is 9.77. The Bertz CT molecular complexity index is 1710. The SMILES string of the molecule is c1ccc(P2c3ccccc3B(c3cccc(-n4cccn4)c3)c3cc(Oc4ccccn4)ccc32)cc1. The van der Waals surface area contributed by atoms with E-state index in [1.807, 2.05) is 41.3 Å². The zero-order chi connectivity index (χ0) is 25.3. The lowest BCUT2D eigenvalue weighted by Gasteiger charge is -2.34. The van der Waals surface area contributed by atoms with Crippen LogP contribution in [0.4, 0.5) is 0 Å². The highest BCUT2D eigenvalue weighted by Gasteiger charge is 2.36. The first-order chi connectivity index (χ1) is 18.8. The van der Waals surface area contributed by atoms with Gasteiger partial charge in [-0.1, -0.05) is 95.3 Å². The van der Waals surface area contributed by atoms with Gasteiger partial charge in [0, 0.05) is 24.7 Å². The van der Waals surface area contributed by atoms with Gasteiger partial charge in [-0.3, -0.25) is 0 Å². The molecule has 38 heavy (non-hydrogen) atoms. The fourth-order valence-electron chi connectivity index (χ4n) is 5.27. The summed E-state index contributed by atoms with van der Waals surface area (Å²) in [6.45, 7) is 0.0615. The Morgan fingerprint density at radius 3 is 2.34 bits per heavy atom. The molecule has 0 bridgehead atoms. The first kappa shape index (κ1) is 22.7. The Labute approximate surface area is 223 Å². The van der Waals surface area contributed by atoms with Crippen LogP contribution in [0.15, 0.2) is 140 Å². The third-order valence-electron chi connectivity index (χ3n) is 6.89. The van der Waals surface area contributed by atoms with Crippen molar-refractivity contribution in [3.05, 3.63) is 140 Å². The molecular formula is C32H23BN3OP. The lowest BCUT2D eigenvalue weighted by Crippen LogP contribution is -2.64. The zero-order valence-corrected chi connectivity index (χ0v) is 21.4. The van der Waals surface area contributed by atoms with E-state index in [9.17, 15) is 0 Å². The van der Waals surface area contributed by atoms with Crippen LogP contribution in [0.1, 0.15) is 0 Å². The minimum atomic E-state index is -0.720. The molecule has 0 saturated carbocycles. The van der Waals surface area contributed by atoms with Gasteiger partial charge in [0.05, 0.1) is 5.69 Å². The van der Waals surface area contributed by atoms with Gasteiger partial charge in [0.2, 0.25) is 12.6 Å². The molecule has 1 aliphatic heterocycles. The second-order valence-electron chi connectivity index (χ2n) is 9.20. The highest BCUT2D eigenvalue weighted by atomic mass is 31.1. The van der Waals surface area contributed by atoms with Crippen LogP contribution in [0, 0.1) is 0 Å². The molecule has 180 valence electrons. The molecule has 4 aromatic carbocycles. The van der Waals surface area contributed by atoms with E-state index in [1.54, 1.807) is 6.20 Å². The molecule has 1 atom stereocenters. The minimum absolute atomic E-state index is 0.0615. The normalized spacial score (nSPS) is 14.0. The smallest absolute Gasteiger partial charge is 0.243 e. The molecule has 3 heterocycles. The highest BCUT2D eigenvalue weighted by molar-refractivity contribution is 7.81. The van der Waals surface area contributed by atoms with Crippen molar-refractivity contribution < 1.29 is 4.74 Å². The van der Waals surface area contributed by atoms with Crippen LogP contribution in [-0.4, -0.2) is 21.5 Å². The molecular weight excluding hydrogens is 484 g/mol. The van der Waals surface area contributed by atoms with Crippen LogP contribution in [0.25, 0.3) is 5.69 Å². The third kappa shape index (κ3) is 4.11. The molecule has 1 aliphatic rings. The molecule has 6 aromatic rings. The molecule has 0 spiro atoms. The number of pyridine rings is 1. The van der Waals surface area contributed by atoms with Gasteiger partial charge >= 0.3 is 0 Å². The standard InChI is InChI=1S/C32H23BN3OP/c1-2-12-27(13-3-1)38-30-15-5-4-14-28(30)33(24-10-8-11-25(22-24)36-21-9-20-35-36)29-23-26(17-18-31(29)38)37-32-16-6-7-19-34-32/h1-23H. The molecule has 0 radical (unpaired) electrons. The van der Waals surface area contributed by atoms with Gasteiger partial charge in [-0.15, -0.1) is 0 Å². The molecule has 0 saturated heterocycles. The lowest BCUT2D eigenvalue weighted by atomic mass is 9.36. The summed E-state index contributed by atoms with van der Waals surface area (Å²) in [4.78, 5) is 4.37. The number of ether oxygens (including phenoxy) is 1. The van der Waals surface area contributed by atoms with E-state index < -0.39 is 7.92 Å². The number of fused-ring (bicyclic) bond motifs is 2. The summed E-state index contributed by atoms with van der Waals surface area (Å²) in [6.07, 6.45) is 5.55. The Hall–Kier alpha value is -4.47. The average molecular weight is 507 g/mol. The topological polar surface area (TPSA) is 39.9 Å². The predicted molar refractivity (Wildman–Crippen MR) is 158 cm³/mol. The maximum Gasteiger partial charge on any atom is 0.243 e. The average Bonchev–Trinajstić information content (AvgIpc) is 3.52. The summed E-state index contributed by atoms with van der Waals surface area (Å²) in [7, 11) is -0.720. The largest absolute Gasteiger partial charge is 0.439 e. The number of aromatic nitrogens is 3. The van der Waals surface area contributed by atoms with Crippen molar-refractivity contribution in [3.63, 3.8) is 0 Å². The maximum absolute atomic E-state index is 6.22. The van der Waals surface area contributed by atoms with Crippen molar-refractivity contribution in [2.75, 3.05) is 0 Å². The summed E-state index contributed by atoms with van der Waals surface area (Å²) in [5.74, 6) is 1.38. The Balaban J connectivity index is 1.43. The lowest BCUT2D eigenvalue weighted by molar-refractivity contribution is 0.463. The monoisotopic (exact) mass is 507 g/mol. The van der Waals surface area contributed by atoms with Gasteiger partial charge in [0.15, 0.2) is 0 Å². The van der Waals surface area contributed by atoms with Gasteiger partial charge in [0.25, 0.3) is 0 Å². The molecule has 4 nitrogen and oxygen atoms in total. The van der Waals surface area contributed by atoms with E-state index in [1.165, 1.54) is 32.3 Å². The van der Waals surface area contributed by atoms with Crippen molar-refractivity contribution in [2.24, 2.45) is 0 Å².